The van der Waals surface area contributed by atoms with Crippen LogP contribution in [-0.2, 0) is 4.79 Å². The van der Waals surface area contributed by atoms with E-state index < -0.39 is 5.41 Å². The van der Waals surface area contributed by atoms with Gasteiger partial charge in [-0.3, -0.25) is 4.79 Å². The Morgan fingerprint density at radius 2 is 1.90 bits per heavy atom. The van der Waals surface area contributed by atoms with Crippen molar-refractivity contribution in [3.05, 3.63) is 0 Å². The van der Waals surface area contributed by atoms with Gasteiger partial charge in [0, 0.05) is 14.1 Å². The maximum Gasteiger partial charge on any atom is 0.241 e. The van der Waals surface area contributed by atoms with Gasteiger partial charge in [-0.2, -0.15) is 5.26 Å². The minimum atomic E-state index is -0.885. The predicted octanol–water partition coefficient (Wildman–Crippen LogP) is 0.624. The number of hydrogen-bond acceptors (Lipinski definition) is 2. The van der Waals surface area contributed by atoms with Crippen LogP contribution in [0.1, 0.15) is 13.8 Å². The van der Waals surface area contributed by atoms with Gasteiger partial charge >= 0.3 is 0 Å². The van der Waals surface area contributed by atoms with Gasteiger partial charge in [0.2, 0.25) is 5.91 Å². The van der Waals surface area contributed by atoms with Crippen molar-refractivity contribution in [3.63, 3.8) is 0 Å². The summed E-state index contributed by atoms with van der Waals surface area (Å²) in [6, 6.07) is 1.93. The third-order valence-corrected chi connectivity index (χ3v) is 1.22. The van der Waals surface area contributed by atoms with Crippen molar-refractivity contribution >= 4 is 5.91 Å². The molecule has 0 N–H and O–H groups in total. The predicted molar refractivity (Wildman–Crippen MR) is 38.1 cm³/mol. The molecule has 0 rings (SSSR count). The third kappa shape index (κ3) is 1.73. The Morgan fingerprint density at radius 1 is 1.50 bits per heavy atom. The van der Waals surface area contributed by atoms with Gasteiger partial charge in [0.05, 0.1) is 6.07 Å². The fourth-order valence-corrected chi connectivity index (χ4v) is 0.607. The first kappa shape index (κ1) is 8.96. The Bertz CT molecular complexity index is 177. The van der Waals surface area contributed by atoms with E-state index >= 15 is 0 Å². The SMILES string of the molecule is CN(C)C(=O)C(C)(C)C#N. The molecule has 56 valence electrons. The van der Waals surface area contributed by atoms with Crippen molar-refractivity contribution in [3.8, 4) is 6.07 Å². The molecular weight excluding hydrogens is 128 g/mol. The number of hydrogen-bond donors (Lipinski definition) is 0. The first-order chi connectivity index (χ1) is 4.41. The van der Waals surface area contributed by atoms with E-state index in [0.717, 1.165) is 0 Å². The monoisotopic (exact) mass is 140 g/mol. The Labute approximate surface area is 61.2 Å². The average molecular weight is 140 g/mol. The molecule has 0 saturated heterocycles. The quantitative estimate of drug-likeness (QED) is 0.536. The molecule has 0 radical (unpaired) electrons. The molecule has 0 fully saturated rings. The first-order valence-corrected chi connectivity index (χ1v) is 3.05. The number of nitriles is 1. The lowest BCUT2D eigenvalue weighted by Gasteiger charge is -2.19. The molecule has 0 aliphatic heterocycles. The highest BCUT2D eigenvalue weighted by atomic mass is 16.2. The topological polar surface area (TPSA) is 44.1 Å². The van der Waals surface area contributed by atoms with Crippen LogP contribution in [0.25, 0.3) is 0 Å². The summed E-state index contributed by atoms with van der Waals surface area (Å²) in [6.45, 7) is 3.21. The van der Waals surface area contributed by atoms with Crippen molar-refractivity contribution < 1.29 is 4.79 Å². The van der Waals surface area contributed by atoms with Gasteiger partial charge in [0.25, 0.3) is 0 Å². The van der Waals surface area contributed by atoms with Crippen LogP contribution < -0.4 is 0 Å². The second-order valence-electron chi connectivity index (χ2n) is 2.94. The Morgan fingerprint density at radius 3 is 2.00 bits per heavy atom. The third-order valence-electron chi connectivity index (χ3n) is 1.22. The van der Waals surface area contributed by atoms with Crippen molar-refractivity contribution in [1.82, 2.24) is 4.90 Å². The molecular formula is C7H12N2O. The number of rotatable bonds is 1. The summed E-state index contributed by atoms with van der Waals surface area (Å²) in [4.78, 5) is 12.5. The standard InChI is InChI=1S/C7H12N2O/c1-7(2,5-8)6(10)9(3)4/h1-4H3. The van der Waals surface area contributed by atoms with Crippen LogP contribution in [0.2, 0.25) is 0 Å². The number of nitrogens with zero attached hydrogens (tertiary/aromatic N) is 2. The van der Waals surface area contributed by atoms with Gasteiger partial charge < -0.3 is 4.90 Å². The molecule has 0 atom stereocenters. The van der Waals surface area contributed by atoms with E-state index in [1.807, 2.05) is 6.07 Å². The van der Waals surface area contributed by atoms with E-state index in [4.69, 9.17) is 5.26 Å². The zero-order chi connectivity index (χ0) is 8.36. The Kier molecular flexibility index (Phi) is 2.42. The molecule has 0 heterocycles. The summed E-state index contributed by atoms with van der Waals surface area (Å²) in [5, 5.41) is 8.52. The molecule has 0 bridgehead atoms. The van der Waals surface area contributed by atoms with E-state index in [1.165, 1.54) is 4.90 Å². The zero-order valence-electron chi connectivity index (χ0n) is 6.80. The molecule has 0 aliphatic carbocycles. The highest BCUT2D eigenvalue weighted by Crippen LogP contribution is 2.14. The second-order valence-corrected chi connectivity index (χ2v) is 2.94. The Hall–Kier alpha value is -1.04. The summed E-state index contributed by atoms with van der Waals surface area (Å²) < 4.78 is 0. The van der Waals surface area contributed by atoms with E-state index in [0.29, 0.717) is 0 Å². The highest BCUT2D eigenvalue weighted by Gasteiger charge is 2.28. The van der Waals surface area contributed by atoms with E-state index in [9.17, 15) is 4.79 Å². The van der Waals surface area contributed by atoms with Crippen molar-refractivity contribution in [1.29, 1.82) is 5.26 Å². The molecule has 0 unspecified atom stereocenters. The van der Waals surface area contributed by atoms with Crippen LogP contribution >= 0.6 is 0 Å². The normalized spacial score (nSPS) is 10.3. The molecule has 1 amide bonds. The number of carbonyl (C=O) groups excluding carboxylic acids is 1. The number of amides is 1. The Balaban J connectivity index is 4.38. The average Bonchev–Trinajstić information content (AvgIpc) is 1.86. The summed E-state index contributed by atoms with van der Waals surface area (Å²) in [5.74, 6) is -0.157. The second kappa shape index (κ2) is 2.70. The van der Waals surface area contributed by atoms with Crippen LogP contribution in [0.15, 0.2) is 0 Å². The number of carbonyl (C=O) groups is 1. The van der Waals surface area contributed by atoms with Crippen LogP contribution in [0.5, 0.6) is 0 Å². The molecule has 3 nitrogen and oxygen atoms in total. The van der Waals surface area contributed by atoms with Crippen molar-refractivity contribution in [2.24, 2.45) is 5.41 Å². The van der Waals surface area contributed by atoms with Gasteiger partial charge in [0.1, 0.15) is 5.41 Å². The fraction of sp³-hybridized carbons (Fsp3) is 0.714. The van der Waals surface area contributed by atoms with Gasteiger partial charge in [-0.25, -0.2) is 0 Å². The summed E-state index contributed by atoms with van der Waals surface area (Å²) >= 11 is 0. The molecule has 0 aromatic heterocycles. The van der Waals surface area contributed by atoms with Gasteiger partial charge in [0.15, 0.2) is 0 Å². The van der Waals surface area contributed by atoms with Gasteiger partial charge in [-0.15, -0.1) is 0 Å². The van der Waals surface area contributed by atoms with E-state index in [-0.39, 0.29) is 5.91 Å². The lowest BCUT2D eigenvalue weighted by molar-refractivity contribution is -0.134. The molecule has 3 heteroatoms. The van der Waals surface area contributed by atoms with Crippen LogP contribution in [0, 0.1) is 16.7 Å². The maximum atomic E-state index is 11.1. The summed E-state index contributed by atoms with van der Waals surface area (Å²) in [7, 11) is 3.28. The first-order valence-electron chi connectivity index (χ1n) is 3.05. The zero-order valence-corrected chi connectivity index (χ0v) is 6.80. The lowest BCUT2D eigenvalue weighted by Crippen LogP contribution is -2.34. The molecule has 0 aliphatic rings. The largest absolute Gasteiger partial charge is 0.347 e. The van der Waals surface area contributed by atoms with E-state index in [2.05, 4.69) is 0 Å². The van der Waals surface area contributed by atoms with Crippen LogP contribution in [0.4, 0.5) is 0 Å². The summed E-state index contributed by atoms with van der Waals surface area (Å²) in [6.07, 6.45) is 0. The van der Waals surface area contributed by atoms with Crippen molar-refractivity contribution in [2.45, 2.75) is 13.8 Å². The fourth-order valence-electron chi connectivity index (χ4n) is 0.607. The molecule has 0 spiro atoms. The highest BCUT2D eigenvalue weighted by molar-refractivity contribution is 5.84. The minimum Gasteiger partial charge on any atom is -0.347 e. The molecule has 10 heavy (non-hydrogen) atoms. The molecule has 0 saturated carbocycles. The maximum absolute atomic E-state index is 11.1. The van der Waals surface area contributed by atoms with E-state index in [1.54, 1.807) is 27.9 Å². The lowest BCUT2D eigenvalue weighted by atomic mass is 9.94. The smallest absolute Gasteiger partial charge is 0.241 e. The molecule has 0 aromatic rings. The van der Waals surface area contributed by atoms with Gasteiger partial charge in [-0.05, 0) is 13.8 Å². The summed E-state index contributed by atoms with van der Waals surface area (Å²) in [5.41, 5.74) is -0.885. The van der Waals surface area contributed by atoms with Crippen LogP contribution in [0.3, 0.4) is 0 Å². The minimum absolute atomic E-state index is 0.157. The van der Waals surface area contributed by atoms with Gasteiger partial charge in [-0.1, -0.05) is 0 Å². The van der Waals surface area contributed by atoms with Crippen LogP contribution in [-0.4, -0.2) is 24.9 Å². The van der Waals surface area contributed by atoms with Crippen molar-refractivity contribution in [2.75, 3.05) is 14.1 Å². The molecule has 0 aromatic carbocycles.